The van der Waals surface area contributed by atoms with Crippen molar-refractivity contribution in [1.29, 1.82) is 0 Å². The van der Waals surface area contributed by atoms with Crippen LogP contribution in [0.4, 0.5) is 4.79 Å². The van der Waals surface area contributed by atoms with Gasteiger partial charge in [0.05, 0.1) is 0 Å². The lowest BCUT2D eigenvalue weighted by Crippen LogP contribution is -2.29. The summed E-state index contributed by atoms with van der Waals surface area (Å²) in [4.78, 5) is 10.4. The molecule has 0 spiro atoms. The van der Waals surface area contributed by atoms with Crippen LogP contribution in [0, 0.1) is 0 Å². The molecule has 0 bridgehead atoms. The largest absolute Gasteiger partial charge is 0.396 e. The summed E-state index contributed by atoms with van der Waals surface area (Å²) >= 11 is 0. The second-order valence-corrected chi connectivity index (χ2v) is 4.55. The van der Waals surface area contributed by atoms with Crippen molar-refractivity contribution in [1.82, 2.24) is 5.32 Å². The molecular weight excluding hydrogens is 216 g/mol. The lowest BCUT2D eigenvalue weighted by atomic mass is 10.1. The number of carbonyl (C=O) groups is 1. The third-order valence-corrected chi connectivity index (χ3v) is 2.88. The van der Waals surface area contributed by atoms with E-state index in [1.54, 1.807) is 0 Å². The minimum absolute atomic E-state index is 0.333. The summed E-state index contributed by atoms with van der Waals surface area (Å²) in [6.07, 6.45) is 12.0. The number of carbonyl (C=O) groups excluding carboxylic acids is 1. The number of primary amides is 1. The van der Waals surface area contributed by atoms with Gasteiger partial charge in [0.2, 0.25) is 0 Å². The van der Waals surface area contributed by atoms with Crippen molar-refractivity contribution in [2.75, 3.05) is 13.2 Å². The number of aliphatic hydroxyl groups is 1. The Morgan fingerprint density at radius 3 is 1.65 bits per heavy atom. The van der Waals surface area contributed by atoms with E-state index in [2.05, 4.69) is 5.32 Å². The topological polar surface area (TPSA) is 75.4 Å². The highest BCUT2D eigenvalue weighted by Gasteiger charge is 1.94. The molecule has 4 heteroatoms. The van der Waals surface area contributed by atoms with Crippen molar-refractivity contribution < 1.29 is 9.90 Å². The average Bonchev–Trinajstić information content (AvgIpc) is 2.30. The number of urea groups is 1. The van der Waals surface area contributed by atoms with Gasteiger partial charge in [-0.25, -0.2) is 4.79 Å². The Morgan fingerprint density at radius 2 is 1.24 bits per heavy atom. The second kappa shape index (κ2) is 13.3. The monoisotopic (exact) mass is 244 g/mol. The zero-order valence-electron chi connectivity index (χ0n) is 10.9. The fourth-order valence-corrected chi connectivity index (χ4v) is 1.86. The van der Waals surface area contributed by atoms with Crippen molar-refractivity contribution in [3.8, 4) is 0 Å². The Bertz CT molecular complexity index is 175. The van der Waals surface area contributed by atoms with E-state index < -0.39 is 6.03 Å². The number of amides is 2. The van der Waals surface area contributed by atoms with Crippen LogP contribution in [0.1, 0.15) is 64.2 Å². The summed E-state index contributed by atoms with van der Waals surface area (Å²) in [5.74, 6) is 0. The summed E-state index contributed by atoms with van der Waals surface area (Å²) in [6, 6.07) is -0.423. The molecule has 0 rings (SSSR count). The Morgan fingerprint density at radius 1 is 0.824 bits per heavy atom. The molecular formula is C13H28N2O2. The van der Waals surface area contributed by atoms with Crippen molar-refractivity contribution in [3.05, 3.63) is 0 Å². The first-order valence-electron chi connectivity index (χ1n) is 6.91. The predicted octanol–water partition coefficient (Wildman–Crippen LogP) is 2.55. The molecule has 2 amide bonds. The fraction of sp³-hybridized carbons (Fsp3) is 0.923. The smallest absolute Gasteiger partial charge is 0.312 e. The van der Waals surface area contributed by atoms with Gasteiger partial charge in [0.25, 0.3) is 0 Å². The van der Waals surface area contributed by atoms with Gasteiger partial charge >= 0.3 is 6.03 Å². The predicted molar refractivity (Wildman–Crippen MR) is 70.8 cm³/mol. The first-order valence-corrected chi connectivity index (χ1v) is 6.91. The van der Waals surface area contributed by atoms with Gasteiger partial charge in [0, 0.05) is 13.2 Å². The van der Waals surface area contributed by atoms with E-state index in [-0.39, 0.29) is 0 Å². The highest BCUT2D eigenvalue weighted by atomic mass is 16.2. The first-order chi connectivity index (χ1) is 8.27. The molecule has 0 aromatic heterocycles. The third kappa shape index (κ3) is 15.2. The number of unbranched alkanes of at least 4 members (excludes halogenated alkanes) is 9. The van der Waals surface area contributed by atoms with E-state index in [1.807, 2.05) is 0 Å². The number of hydrogen-bond donors (Lipinski definition) is 3. The van der Waals surface area contributed by atoms with Gasteiger partial charge < -0.3 is 16.2 Å². The van der Waals surface area contributed by atoms with Crippen LogP contribution in [0.15, 0.2) is 0 Å². The van der Waals surface area contributed by atoms with Gasteiger partial charge in [0.15, 0.2) is 0 Å². The maximum absolute atomic E-state index is 10.4. The number of nitrogens with one attached hydrogen (secondary N) is 1. The first kappa shape index (κ1) is 16.2. The molecule has 0 aliphatic rings. The molecule has 0 aromatic carbocycles. The van der Waals surface area contributed by atoms with E-state index in [9.17, 15) is 4.79 Å². The standard InChI is InChI=1S/C13H28N2O2/c14-13(17)15-11-9-7-5-3-1-2-4-6-8-10-12-16/h16H,1-12H2,(H3,14,15,17). The maximum atomic E-state index is 10.4. The van der Waals surface area contributed by atoms with Gasteiger partial charge in [-0.1, -0.05) is 51.4 Å². The van der Waals surface area contributed by atoms with E-state index in [0.717, 1.165) is 19.3 Å². The van der Waals surface area contributed by atoms with Crippen molar-refractivity contribution in [2.45, 2.75) is 64.2 Å². The molecule has 0 saturated carbocycles. The van der Waals surface area contributed by atoms with Gasteiger partial charge in [0.1, 0.15) is 0 Å². The molecule has 102 valence electrons. The zero-order valence-corrected chi connectivity index (χ0v) is 10.9. The minimum Gasteiger partial charge on any atom is -0.396 e. The summed E-state index contributed by atoms with van der Waals surface area (Å²) in [5, 5.41) is 11.2. The van der Waals surface area contributed by atoms with Crippen LogP contribution in [0.2, 0.25) is 0 Å². The van der Waals surface area contributed by atoms with Crippen LogP contribution in [0.3, 0.4) is 0 Å². The minimum atomic E-state index is -0.423. The average molecular weight is 244 g/mol. The normalized spacial score (nSPS) is 10.4. The Balaban J connectivity index is 2.91. The number of hydrogen-bond acceptors (Lipinski definition) is 2. The second-order valence-electron chi connectivity index (χ2n) is 4.55. The summed E-state index contributed by atoms with van der Waals surface area (Å²) in [7, 11) is 0. The van der Waals surface area contributed by atoms with Crippen LogP contribution in [0.25, 0.3) is 0 Å². The Hall–Kier alpha value is -0.770. The van der Waals surface area contributed by atoms with E-state index in [0.29, 0.717) is 13.2 Å². The fourth-order valence-electron chi connectivity index (χ4n) is 1.86. The molecule has 4 nitrogen and oxygen atoms in total. The van der Waals surface area contributed by atoms with Crippen LogP contribution in [-0.2, 0) is 0 Å². The van der Waals surface area contributed by atoms with Crippen molar-refractivity contribution in [2.24, 2.45) is 5.73 Å². The van der Waals surface area contributed by atoms with Gasteiger partial charge in [-0.15, -0.1) is 0 Å². The van der Waals surface area contributed by atoms with Gasteiger partial charge in [-0.2, -0.15) is 0 Å². The quantitative estimate of drug-likeness (QED) is 0.461. The Kier molecular flexibility index (Phi) is 12.7. The maximum Gasteiger partial charge on any atom is 0.312 e. The number of aliphatic hydroxyl groups excluding tert-OH is 1. The number of nitrogens with two attached hydrogens (primary N) is 1. The molecule has 17 heavy (non-hydrogen) atoms. The Labute approximate surface area is 105 Å². The van der Waals surface area contributed by atoms with E-state index in [4.69, 9.17) is 10.8 Å². The lowest BCUT2D eigenvalue weighted by molar-refractivity contribution is 0.248. The summed E-state index contributed by atoms with van der Waals surface area (Å²) in [5.41, 5.74) is 4.96. The molecule has 0 radical (unpaired) electrons. The molecule has 0 aromatic rings. The molecule has 0 aliphatic carbocycles. The van der Waals surface area contributed by atoms with E-state index in [1.165, 1.54) is 44.9 Å². The van der Waals surface area contributed by atoms with Crippen LogP contribution < -0.4 is 11.1 Å². The molecule has 0 heterocycles. The van der Waals surface area contributed by atoms with E-state index >= 15 is 0 Å². The summed E-state index contributed by atoms with van der Waals surface area (Å²) in [6.45, 7) is 1.04. The lowest BCUT2D eigenvalue weighted by Gasteiger charge is -2.03. The van der Waals surface area contributed by atoms with Crippen molar-refractivity contribution >= 4 is 6.03 Å². The molecule has 0 unspecified atom stereocenters. The van der Waals surface area contributed by atoms with Crippen LogP contribution >= 0.6 is 0 Å². The third-order valence-electron chi connectivity index (χ3n) is 2.88. The van der Waals surface area contributed by atoms with Gasteiger partial charge in [-0.3, -0.25) is 0 Å². The highest BCUT2D eigenvalue weighted by Crippen LogP contribution is 2.10. The van der Waals surface area contributed by atoms with Gasteiger partial charge in [-0.05, 0) is 12.8 Å². The number of rotatable bonds is 12. The molecule has 0 fully saturated rings. The van der Waals surface area contributed by atoms with Crippen LogP contribution in [-0.4, -0.2) is 24.3 Å². The van der Waals surface area contributed by atoms with Crippen LogP contribution in [0.5, 0.6) is 0 Å². The molecule has 0 aliphatic heterocycles. The molecule has 4 N–H and O–H groups in total. The zero-order chi connectivity index (χ0) is 12.8. The summed E-state index contributed by atoms with van der Waals surface area (Å²) < 4.78 is 0. The highest BCUT2D eigenvalue weighted by molar-refractivity contribution is 5.71. The molecule has 0 atom stereocenters. The molecule has 0 saturated heterocycles. The SMILES string of the molecule is NC(=O)NCCCCCCCCCCCCO. The van der Waals surface area contributed by atoms with Crippen molar-refractivity contribution in [3.63, 3.8) is 0 Å².